The number of nitrogens with one attached hydrogen (secondary N) is 1. The largest absolute Gasteiger partial charge is 0.416 e. The van der Waals surface area contributed by atoms with Gasteiger partial charge in [0.15, 0.2) is 0 Å². The second kappa shape index (κ2) is 6.79. The highest BCUT2D eigenvalue weighted by Gasteiger charge is 2.30. The number of nitrogens with two attached hydrogens (primary N) is 1. The Hall–Kier alpha value is -2.49. The van der Waals surface area contributed by atoms with Crippen LogP contribution in [0.5, 0.6) is 0 Å². The van der Waals surface area contributed by atoms with Crippen LogP contribution in [0.4, 0.5) is 13.2 Å². The van der Waals surface area contributed by atoms with Crippen molar-refractivity contribution in [2.75, 3.05) is 0 Å². The molecule has 1 aromatic carbocycles. The predicted molar refractivity (Wildman–Crippen MR) is 69.7 cm³/mol. The standard InChI is InChI=1S/C14H13F3N2O2/c1-2-4-11(13(18)21)19-12(20)8-9-5-3-6-10(7-9)14(15,16)17/h1,3,5-7,11H,4,8H2,(H2,18,21)(H,19,20)/t11-/m0/s1. The quantitative estimate of drug-likeness (QED) is 0.803. The van der Waals surface area contributed by atoms with E-state index in [0.29, 0.717) is 0 Å². The number of amides is 2. The summed E-state index contributed by atoms with van der Waals surface area (Å²) in [5, 5.41) is 2.29. The van der Waals surface area contributed by atoms with Gasteiger partial charge in [-0.1, -0.05) is 18.2 Å². The van der Waals surface area contributed by atoms with Crippen molar-refractivity contribution in [3.8, 4) is 12.3 Å². The molecular weight excluding hydrogens is 285 g/mol. The van der Waals surface area contributed by atoms with Gasteiger partial charge in [-0.15, -0.1) is 12.3 Å². The summed E-state index contributed by atoms with van der Waals surface area (Å²) in [6.07, 6.45) is 0.162. The molecule has 0 saturated carbocycles. The Morgan fingerprint density at radius 1 is 1.38 bits per heavy atom. The lowest BCUT2D eigenvalue weighted by Crippen LogP contribution is -2.44. The summed E-state index contributed by atoms with van der Waals surface area (Å²) < 4.78 is 37.6. The number of hydrogen-bond acceptors (Lipinski definition) is 2. The third-order valence-electron chi connectivity index (χ3n) is 2.62. The fourth-order valence-electron chi connectivity index (χ4n) is 1.63. The third kappa shape index (κ3) is 5.18. The summed E-state index contributed by atoms with van der Waals surface area (Å²) in [5.74, 6) is 0.751. The zero-order valence-corrected chi connectivity index (χ0v) is 10.9. The predicted octanol–water partition coefficient (Wildman–Crippen LogP) is 1.24. The second-order valence-electron chi connectivity index (χ2n) is 4.31. The van der Waals surface area contributed by atoms with Gasteiger partial charge in [-0.2, -0.15) is 13.2 Å². The van der Waals surface area contributed by atoms with E-state index in [1.807, 2.05) is 0 Å². The van der Waals surface area contributed by atoms with Gasteiger partial charge in [0, 0.05) is 6.42 Å². The van der Waals surface area contributed by atoms with Crippen LogP contribution in [0, 0.1) is 12.3 Å². The zero-order chi connectivity index (χ0) is 16.0. The van der Waals surface area contributed by atoms with Crippen molar-refractivity contribution in [2.24, 2.45) is 5.73 Å². The Morgan fingerprint density at radius 2 is 2.05 bits per heavy atom. The van der Waals surface area contributed by atoms with E-state index in [4.69, 9.17) is 12.2 Å². The maximum atomic E-state index is 12.5. The average molecular weight is 298 g/mol. The highest BCUT2D eigenvalue weighted by molar-refractivity contribution is 5.87. The van der Waals surface area contributed by atoms with Crippen molar-refractivity contribution in [2.45, 2.75) is 25.1 Å². The summed E-state index contributed by atoms with van der Waals surface area (Å²) in [7, 11) is 0. The van der Waals surface area contributed by atoms with Gasteiger partial charge in [0.05, 0.1) is 12.0 Å². The van der Waals surface area contributed by atoms with E-state index in [0.717, 1.165) is 12.1 Å². The van der Waals surface area contributed by atoms with Crippen LogP contribution < -0.4 is 11.1 Å². The molecule has 7 heteroatoms. The van der Waals surface area contributed by atoms with Crippen LogP contribution in [-0.4, -0.2) is 17.9 Å². The number of halogens is 3. The fourth-order valence-corrected chi connectivity index (χ4v) is 1.63. The molecule has 1 aromatic rings. The van der Waals surface area contributed by atoms with E-state index in [1.165, 1.54) is 12.1 Å². The maximum Gasteiger partial charge on any atom is 0.416 e. The molecule has 0 heterocycles. The molecule has 0 aliphatic carbocycles. The molecule has 0 aromatic heterocycles. The lowest BCUT2D eigenvalue weighted by Gasteiger charge is -2.13. The van der Waals surface area contributed by atoms with Crippen LogP contribution in [0.2, 0.25) is 0 Å². The molecule has 21 heavy (non-hydrogen) atoms. The van der Waals surface area contributed by atoms with Crippen LogP contribution in [0.25, 0.3) is 0 Å². The van der Waals surface area contributed by atoms with E-state index >= 15 is 0 Å². The van der Waals surface area contributed by atoms with E-state index < -0.39 is 29.6 Å². The molecule has 4 nitrogen and oxygen atoms in total. The highest BCUT2D eigenvalue weighted by Crippen LogP contribution is 2.29. The number of benzene rings is 1. The van der Waals surface area contributed by atoms with Gasteiger partial charge in [0.2, 0.25) is 11.8 Å². The number of rotatable bonds is 5. The Morgan fingerprint density at radius 3 is 2.57 bits per heavy atom. The molecule has 2 amide bonds. The summed E-state index contributed by atoms with van der Waals surface area (Å²) in [5.41, 5.74) is 4.38. The first-order valence-electron chi connectivity index (χ1n) is 5.92. The van der Waals surface area contributed by atoms with Gasteiger partial charge in [-0.25, -0.2) is 0 Å². The number of carbonyl (C=O) groups is 2. The molecule has 0 aliphatic heterocycles. The molecule has 1 rings (SSSR count). The number of hydrogen-bond donors (Lipinski definition) is 2. The molecule has 0 saturated heterocycles. The Balaban J connectivity index is 2.75. The van der Waals surface area contributed by atoms with Crippen molar-refractivity contribution < 1.29 is 22.8 Å². The molecule has 0 unspecified atom stereocenters. The first-order chi connectivity index (χ1) is 9.74. The molecule has 0 radical (unpaired) electrons. The summed E-state index contributed by atoms with van der Waals surface area (Å²) >= 11 is 0. The SMILES string of the molecule is C#CC[C@H](NC(=O)Cc1cccc(C(F)(F)F)c1)C(N)=O. The van der Waals surface area contributed by atoms with Crippen LogP contribution >= 0.6 is 0 Å². The van der Waals surface area contributed by atoms with Gasteiger partial charge < -0.3 is 11.1 Å². The van der Waals surface area contributed by atoms with Crippen molar-refractivity contribution in [1.82, 2.24) is 5.32 Å². The summed E-state index contributed by atoms with van der Waals surface area (Å²) in [4.78, 5) is 22.7. The minimum atomic E-state index is -4.48. The summed E-state index contributed by atoms with van der Waals surface area (Å²) in [6, 6.07) is 3.34. The number of terminal acetylenes is 1. The van der Waals surface area contributed by atoms with Gasteiger partial charge in [-0.05, 0) is 11.6 Å². The lowest BCUT2D eigenvalue weighted by molar-refractivity contribution is -0.137. The van der Waals surface area contributed by atoms with Gasteiger partial charge in [0.1, 0.15) is 6.04 Å². The molecule has 0 bridgehead atoms. The van der Waals surface area contributed by atoms with Crippen molar-refractivity contribution >= 4 is 11.8 Å². The molecule has 1 atom stereocenters. The molecule has 3 N–H and O–H groups in total. The average Bonchev–Trinajstić information content (AvgIpc) is 2.37. The number of primary amides is 1. The highest BCUT2D eigenvalue weighted by atomic mass is 19.4. The smallest absolute Gasteiger partial charge is 0.368 e. The van der Waals surface area contributed by atoms with Crippen LogP contribution in [0.3, 0.4) is 0 Å². The summed E-state index contributed by atoms with van der Waals surface area (Å²) in [6.45, 7) is 0. The Labute approximate surface area is 119 Å². The van der Waals surface area contributed by atoms with Crippen LogP contribution in [-0.2, 0) is 22.2 Å². The third-order valence-corrected chi connectivity index (χ3v) is 2.62. The van der Waals surface area contributed by atoms with Gasteiger partial charge >= 0.3 is 6.18 Å². The topological polar surface area (TPSA) is 72.2 Å². The molecule has 0 aliphatic rings. The zero-order valence-electron chi connectivity index (χ0n) is 10.9. The van der Waals surface area contributed by atoms with Gasteiger partial charge in [-0.3, -0.25) is 9.59 Å². The van der Waals surface area contributed by atoms with Crippen molar-refractivity contribution in [3.05, 3.63) is 35.4 Å². The first kappa shape index (κ1) is 16.6. The fraction of sp³-hybridized carbons (Fsp3) is 0.286. The van der Waals surface area contributed by atoms with Crippen LogP contribution in [0.1, 0.15) is 17.5 Å². The second-order valence-corrected chi connectivity index (χ2v) is 4.31. The van der Waals surface area contributed by atoms with Crippen molar-refractivity contribution in [1.29, 1.82) is 0 Å². The van der Waals surface area contributed by atoms with E-state index in [2.05, 4.69) is 11.2 Å². The first-order valence-corrected chi connectivity index (χ1v) is 5.92. The van der Waals surface area contributed by atoms with Crippen LogP contribution in [0.15, 0.2) is 24.3 Å². The normalized spacial score (nSPS) is 12.3. The van der Waals surface area contributed by atoms with E-state index in [9.17, 15) is 22.8 Å². The molecule has 112 valence electrons. The van der Waals surface area contributed by atoms with Gasteiger partial charge in [0.25, 0.3) is 0 Å². The molecule has 0 spiro atoms. The van der Waals surface area contributed by atoms with Crippen molar-refractivity contribution in [3.63, 3.8) is 0 Å². The maximum absolute atomic E-state index is 12.5. The molecule has 0 fully saturated rings. The van der Waals surface area contributed by atoms with E-state index in [-0.39, 0.29) is 18.4 Å². The lowest BCUT2D eigenvalue weighted by atomic mass is 10.1. The minimum absolute atomic E-state index is 0.0797. The number of alkyl halides is 3. The monoisotopic (exact) mass is 298 g/mol. The number of carbonyl (C=O) groups excluding carboxylic acids is 2. The Bertz CT molecular complexity index is 576. The molecular formula is C14H13F3N2O2. The minimum Gasteiger partial charge on any atom is -0.368 e. The van der Waals surface area contributed by atoms with E-state index in [1.54, 1.807) is 0 Å². The Kier molecular flexibility index (Phi) is 5.36.